The Morgan fingerprint density at radius 2 is 2.12 bits per heavy atom. The summed E-state index contributed by atoms with van der Waals surface area (Å²) >= 11 is 0. The molecule has 96 valence electrons. The van der Waals surface area contributed by atoms with Crippen LogP contribution in [0.25, 0.3) is 0 Å². The molecule has 0 aliphatic rings. The summed E-state index contributed by atoms with van der Waals surface area (Å²) < 4.78 is 25.3. The monoisotopic (exact) mass is 258 g/mol. The van der Waals surface area contributed by atoms with E-state index in [4.69, 9.17) is 10.8 Å². The highest BCUT2D eigenvalue weighted by Crippen LogP contribution is 2.13. The van der Waals surface area contributed by atoms with Crippen molar-refractivity contribution < 1.29 is 13.5 Å². The zero-order chi connectivity index (χ0) is 12.9. The highest BCUT2D eigenvalue weighted by molar-refractivity contribution is 7.88. The molecule has 0 saturated heterocycles. The molecule has 5 nitrogen and oxygen atoms in total. The second-order valence-electron chi connectivity index (χ2n) is 3.72. The molecule has 17 heavy (non-hydrogen) atoms. The quantitative estimate of drug-likeness (QED) is 0.724. The average molecular weight is 258 g/mol. The molecule has 0 atom stereocenters. The molecule has 1 aromatic rings. The Morgan fingerprint density at radius 3 is 2.65 bits per heavy atom. The molecular weight excluding hydrogens is 240 g/mol. The van der Waals surface area contributed by atoms with Crippen molar-refractivity contribution in [1.29, 1.82) is 0 Å². The predicted molar refractivity (Wildman–Crippen MR) is 67.8 cm³/mol. The maximum absolute atomic E-state index is 12.0. The number of nitrogens with zero attached hydrogens (tertiary/aromatic N) is 1. The molecule has 0 bridgehead atoms. The molecule has 0 saturated carbocycles. The van der Waals surface area contributed by atoms with Gasteiger partial charge in [-0.15, -0.1) is 0 Å². The minimum atomic E-state index is -3.39. The molecule has 6 heteroatoms. The number of benzene rings is 1. The fourth-order valence-electron chi connectivity index (χ4n) is 1.59. The van der Waals surface area contributed by atoms with Crippen molar-refractivity contribution in [2.45, 2.75) is 12.7 Å². The molecule has 0 heterocycles. The van der Waals surface area contributed by atoms with E-state index < -0.39 is 10.0 Å². The third-order valence-electron chi connectivity index (χ3n) is 2.40. The van der Waals surface area contributed by atoms with E-state index in [9.17, 15) is 8.42 Å². The molecule has 0 amide bonds. The van der Waals surface area contributed by atoms with Gasteiger partial charge in [-0.1, -0.05) is 19.1 Å². The van der Waals surface area contributed by atoms with Crippen molar-refractivity contribution in [1.82, 2.24) is 4.31 Å². The number of hydrogen-bond donors (Lipinski definition) is 2. The summed E-state index contributed by atoms with van der Waals surface area (Å²) in [5, 5.41) is 8.82. The van der Waals surface area contributed by atoms with Crippen molar-refractivity contribution in [3.63, 3.8) is 0 Å². The first-order valence-corrected chi connectivity index (χ1v) is 7.03. The number of aliphatic hydroxyl groups is 1. The Morgan fingerprint density at radius 1 is 1.41 bits per heavy atom. The lowest BCUT2D eigenvalue weighted by Crippen LogP contribution is -2.34. The van der Waals surface area contributed by atoms with Crippen LogP contribution < -0.4 is 5.73 Å². The first kappa shape index (κ1) is 14.0. The topological polar surface area (TPSA) is 83.6 Å². The average Bonchev–Trinajstić information content (AvgIpc) is 2.24. The van der Waals surface area contributed by atoms with Gasteiger partial charge in [0.2, 0.25) is 10.0 Å². The third kappa shape index (κ3) is 3.99. The summed E-state index contributed by atoms with van der Waals surface area (Å²) in [5.74, 6) is -0.0914. The van der Waals surface area contributed by atoms with E-state index in [1.54, 1.807) is 31.2 Å². The van der Waals surface area contributed by atoms with Crippen LogP contribution in [0.2, 0.25) is 0 Å². The molecule has 0 aliphatic carbocycles. The number of rotatable bonds is 6. The zero-order valence-electron chi connectivity index (χ0n) is 9.83. The lowest BCUT2D eigenvalue weighted by Gasteiger charge is -2.19. The van der Waals surface area contributed by atoms with Crippen LogP contribution >= 0.6 is 0 Å². The van der Waals surface area contributed by atoms with Gasteiger partial charge in [-0.25, -0.2) is 8.42 Å². The minimum absolute atomic E-state index is 0.0914. The molecule has 1 rings (SSSR count). The zero-order valence-corrected chi connectivity index (χ0v) is 10.7. The molecule has 0 aliphatic heterocycles. The van der Waals surface area contributed by atoms with E-state index in [2.05, 4.69) is 0 Å². The van der Waals surface area contributed by atoms with Crippen LogP contribution in [0.5, 0.6) is 0 Å². The summed E-state index contributed by atoms with van der Waals surface area (Å²) in [5.41, 5.74) is 6.79. The van der Waals surface area contributed by atoms with Crippen molar-refractivity contribution in [2.24, 2.45) is 0 Å². The van der Waals surface area contributed by atoms with E-state index in [0.717, 1.165) is 0 Å². The van der Waals surface area contributed by atoms with Gasteiger partial charge in [0.05, 0.1) is 12.4 Å². The van der Waals surface area contributed by atoms with Gasteiger partial charge in [0.25, 0.3) is 0 Å². The lowest BCUT2D eigenvalue weighted by atomic mass is 10.2. The van der Waals surface area contributed by atoms with E-state index in [-0.39, 0.29) is 18.9 Å². The van der Waals surface area contributed by atoms with Crippen molar-refractivity contribution in [2.75, 3.05) is 25.4 Å². The highest BCUT2D eigenvalue weighted by atomic mass is 32.2. The Hall–Kier alpha value is -1.11. The fourth-order valence-corrected chi connectivity index (χ4v) is 3.13. The Bertz CT molecular complexity index is 460. The second-order valence-corrected chi connectivity index (χ2v) is 5.69. The normalized spacial score (nSPS) is 11.9. The molecule has 1 aromatic carbocycles. The van der Waals surface area contributed by atoms with Crippen molar-refractivity contribution >= 4 is 15.7 Å². The Balaban J connectivity index is 2.85. The number of sulfonamides is 1. The van der Waals surface area contributed by atoms with Gasteiger partial charge in [0.1, 0.15) is 0 Å². The number of likely N-dealkylation sites (N-methyl/N-ethyl adjacent to an activating group) is 1. The van der Waals surface area contributed by atoms with Crippen LogP contribution in [0.15, 0.2) is 24.3 Å². The largest absolute Gasteiger partial charge is 0.399 e. The van der Waals surface area contributed by atoms with Crippen LogP contribution in [0.3, 0.4) is 0 Å². The van der Waals surface area contributed by atoms with Crippen molar-refractivity contribution in [3.8, 4) is 0 Å². The van der Waals surface area contributed by atoms with Gasteiger partial charge in [-0.3, -0.25) is 0 Å². The summed E-state index contributed by atoms with van der Waals surface area (Å²) in [7, 11) is -3.39. The number of nitrogens with two attached hydrogens (primary N) is 1. The molecular formula is C11H18N2O3S. The summed E-state index contributed by atoms with van der Waals surface area (Å²) in [6, 6.07) is 6.80. The third-order valence-corrected chi connectivity index (χ3v) is 4.32. The summed E-state index contributed by atoms with van der Waals surface area (Å²) in [4.78, 5) is 0. The summed E-state index contributed by atoms with van der Waals surface area (Å²) in [6.45, 7) is 2.04. The highest BCUT2D eigenvalue weighted by Gasteiger charge is 2.20. The lowest BCUT2D eigenvalue weighted by molar-refractivity contribution is 0.257. The predicted octanol–water partition coefficient (Wildman–Crippen LogP) is 0.413. The van der Waals surface area contributed by atoms with Crippen LogP contribution in [-0.4, -0.2) is 37.5 Å². The van der Waals surface area contributed by atoms with Gasteiger partial charge in [-0.2, -0.15) is 4.31 Å². The number of aliphatic hydroxyl groups excluding tert-OH is 1. The van der Waals surface area contributed by atoms with E-state index in [1.165, 1.54) is 4.31 Å². The fraction of sp³-hybridized carbons (Fsp3) is 0.455. The van der Waals surface area contributed by atoms with E-state index in [1.807, 2.05) is 0 Å². The van der Waals surface area contributed by atoms with Gasteiger partial charge in [0.15, 0.2) is 0 Å². The molecule has 0 unspecified atom stereocenters. The molecule has 0 radical (unpaired) electrons. The van der Waals surface area contributed by atoms with Gasteiger partial charge in [0, 0.05) is 18.8 Å². The second kappa shape index (κ2) is 6.00. The van der Waals surface area contributed by atoms with Gasteiger partial charge >= 0.3 is 0 Å². The maximum Gasteiger partial charge on any atom is 0.218 e. The van der Waals surface area contributed by atoms with Gasteiger partial charge in [-0.05, 0) is 17.7 Å². The number of nitrogen functional groups attached to an aromatic ring is 1. The minimum Gasteiger partial charge on any atom is -0.399 e. The van der Waals surface area contributed by atoms with Crippen LogP contribution in [-0.2, 0) is 15.8 Å². The van der Waals surface area contributed by atoms with Crippen LogP contribution in [0, 0.1) is 0 Å². The van der Waals surface area contributed by atoms with Crippen LogP contribution in [0.4, 0.5) is 5.69 Å². The van der Waals surface area contributed by atoms with E-state index in [0.29, 0.717) is 17.8 Å². The van der Waals surface area contributed by atoms with Crippen molar-refractivity contribution in [3.05, 3.63) is 29.8 Å². The smallest absolute Gasteiger partial charge is 0.218 e. The molecule has 0 spiro atoms. The van der Waals surface area contributed by atoms with E-state index >= 15 is 0 Å². The molecule has 0 aromatic heterocycles. The number of anilines is 1. The standard InChI is InChI=1S/C11H18N2O3S/c1-2-13(6-7-14)17(15,16)9-10-4-3-5-11(12)8-10/h3-5,8,14H,2,6-7,9,12H2,1H3. The van der Waals surface area contributed by atoms with Gasteiger partial charge < -0.3 is 10.8 Å². The van der Waals surface area contributed by atoms with Crippen LogP contribution in [0.1, 0.15) is 12.5 Å². The molecule has 3 N–H and O–H groups in total. The molecule has 0 fully saturated rings. The Labute approximate surface area is 102 Å². The maximum atomic E-state index is 12.0. The first-order chi connectivity index (χ1) is 7.99. The number of hydrogen-bond acceptors (Lipinski definition) is 4. The SMILES string of the molecule is CCN(CCO)S(=O)(=O)Cc1cccc(N)c1. The first-order valence-electron chi connectivity index (χ1n) is 5.42. The Kier molecular flexibility index (Phi) is 4.92. The summed E-state index contributed by atoms with van der Waals surface area (Å²) in [6.07, 6.45) is 0.